The van der Waals surface area contributed by atoms with Crippen LogP contribution >= 0.6 is 11.8 Å². The highest BCUT2D eigenvalue weighted by molar-refractivity contribution is 7.99. The first-order valence-electron chi connectivity index (χ1n) is 9.11. The summed E-state index contributed by atoms with van der Waals surface area (Å²) in [5.74, 6) is 2.19. The molecule has 1 saturated heterocycles. The summed E-state index contributed by atoms with van der Waals surface area (Å²) in [6.45, 7) is 6.88. The van der Waals surface area contributed by atoms with E-state index in [1.54, 1.807) is 11.8 Å². The van der Waals surface area contributed by atoms with E-state index in [0.717, 1.165) is 54.5 Å². The first kappa shape index (κ1) is 19.3. The summed E-state index contributed by atoms with van der Waals surface area (Å²) in [6.07, 6.45) is 0.903. The van der Waals surface area contributed by atoms with Crippen molar-refractivity contribution in [1.82, 2.24) is 10.1 Å². The van der Waals surface area contributed by atoms with Gasteiger partial charge >= 0.3 is 0 Å². The average Bonchev–Trinajstić information content (AvgIpc) is 2.89. The Labute approximate surface area is 164 Å². The van der Waals surface area contributed by atoms with Crippen molar-refractivity contribution in [2.45, 2.75) is 26.0 Å². The molecule has 27 heavy (non-hydrogen) atoms. The highest BCUT2D eigenvalue weighted by atomic mass is 32.2. The van der Waals surface area contributed by atoms with Gasteiger partial charge in [0.25, 0.3) is 0 Å². The number of benzene rings is 1. The van der Waals surface area contributed by atoms with E-state index in [0.29, 0.717) is 17.9 Å². The van der Waals surface area contributed by atoms with Gasteiger partial charge in [-0.1, -0.05) is 17.3 Å². The molecule has 1 amide bonds. The monoisotopic (exact) mass is 384 g/mol. The van der Waals surface area contributed by atoms with Crippen molar-refractivity contribution in [3.05, 3.63) is 46.8 Å². The summed E-state index contributed by atoms with van der Waals surface area (Å²) in [4.78, 5) is 16.8. The van der Waals surface area contributed by atoms with Gasteiger partial charge in [-0.05, 0) is 32.4 Å². The second-order valence-corrected chi connectivity index (χ2v) is 7.63. The lowest BCUT2D eigenvalue weighted by molar-refractivity contribution is -0.128. The number of amides is 1. The fraction of sp³-hybridized carbons (Fsp3) is 0.450. The number of anilines is 1. The predicted octanol–water partition coefficient (Wildman–Crippen LogP) is 3.14. The lowest BCUT2D eigenvalue weighted by Crippen LogP contribution is -2.36. The molecule has 0 radical (unpaired) electrons. The second-order valence-electron chi connectivity index (χ2n) is 6.65. The lowest BCUT2D eigenvalue weighted by Gasteiger charge is -2.24. The molecule has 1 aliphatic heterocycles. The van der Waals surface area contributed by atoms with Crippen LogP contribution in [0.5, 0.6) is 0 Å². The van der Waals surface area contributed by atoms with Gasteiger partial charge < -0.3 is 14.3 Å². The molecule has 0 unspecified atom stereocenters. The Kier molecular flexibility index (Phi) is 6.40. The number of aromatic nitrogens is 1. The van der Waals surface area contributed by atoms with Crippen molar-refractivity contribution in [1.29, 1.82) is 5.26 Å². The second kappa shape index (κ2) is 8.96. The van der Waals surface area contributed by atoms with Crippen molar-refractivity contribution in [2.75, 3.05) is 36.8 Å². The number of carbonyl (C=O) groups excluding carboxylic acids is 1. The first-order chi connectivity index (χ1) is 13.1. The van der Waals surface area contributed by atoms with Gasteiger partial charge in [0.05, 0.1) is 22.7 Å². The van der Waals surface area contributed by atoms with E-state index in [-0.39, 0.29) is 5.91 Å². The smallest absolute Gasteiger partial charge is 0.232 e. The molecule has 6 nitrogen and oxygen atoms in total. The number of hydrogen-bond acceptors (Lipinski definition) is 6. The number of rotatable bonds is 5. The topological polar surface area (TPSA) is 73.4 Å². The Morgan fingerprint density at radius 1 is 1.26 bits per heavy atom. The Morgan fingerprint density at radius 2 is 2.07 bits per heavy atom. The van der Waals surface area contributed by atoms with E-state index in [1.165, 1.54) is 0 Å². The molecule has 2 aromatic rings. The first-order valence-corrected chi connectivity index (χ1v) is 10.3. The standard InChI is InChI=1S/C20H24N4O2S/c1-15-18(16(2)26-22-15)13-27-14-20(25)24-9-5-8-23(10-11-24)19-7-4-3-6-17(19)12-21/h3-4,6-7H,5,8-11,13-14H2,1-2H3. The van der Waals surface area contributed by atoms with Crippen LogP contribution in [0.3, 0.4) is 0 Å². The molecule has 0 N–H and O–H groups in total. The Morgan fingerprint density at radius 3 is 2.81 bits per heavy atom. The minimum Gasteiger partial charge on any atom is -0.369 e. The van der Waals surface area contributed by atoms with Crippen LogP contribution in [0.1, 0.15) is 29.0 Å². The minimum absolute atomic E-state index is 0.169. The molecule has 1 aromatic heterocycles. The molecular formula is C20H24N4O2S. The van der Waals surface area contributed by atoms with Gasteiger partial charge in [-0.3, -0.25) is 4.79 Å². The maximum absolute atomic E-state index is 12.6. The van der Waals surface area contributed by atoms with E-state index in [2.05, 4.69) is 16.1 Å². The van der Waals surface area contributed by atoms with Gasteiger partial charge in [0, 0.05) is 37.5 Å². The third kappa shape index (κ3) is 4.64. The van der Waals surface area contributed by atoms with Crippen LogP contribution < -0.4 is 4.90 Å². The largest absolute Gasteiger partial charge is 0.369 e. The van der Waals surface area contributed by atoms with Crippen LogP contribution in [-0.4, -0.2) is 47.9 Å². The minimum atomic E-state index is 0.169. The summed E-state index contributed by atoms with van der Waals surface area (Å²) < 4.78 is 5.17. The highest BCUT2D eigenvalue weighted by Crippen LogP contribution is 2.22. The summed E-state index contributed by atoms with van der Waals surface area (Å²) >= 11 is 1.60. The van der Waals surface area contributed by atoms with Gasteiger partial charge in [-0.25, -0.2) is 0 Å². The van der Waals surface area contributed by atoms with E-state index in [9.17, 15) is 10.1 Å². The molecule has 1 aromatic carbocycles. The fourth-order valence-electron chi connectivity index (χ4n) is 3.29. The van der Waals surface area contributed by atoms with Gasteiger partial charge in [0.2, 0.25) is 5.91 Å². The predicted molar refractivity (Wildman–Crippen MR) is 107 cm³/mol. The number of aryl methyl sites for hydroxylation is 2. The molecule has 1 aliphatic rings. The highest BCUT2D eigenvalue weighted by Gasteiger charge is 2.21. The van der Waals surface area contributed by atoms with Crippen LogP contribution in [0.25, 0.3) is 0 Å². The van der Waals surface area contributed by atoms with Gasteiger partial charge in [0.15, 0.2) is 0 Å². The third-order valence-electron chi connectivity index (χ3n) is 4.87. The van der Waals surface area contributed by atoms with Gasteiger partial charge in [0.1, 0.15) is 11.8 Å². The summed E-state index contributed by atoms with van der Waals surface area (Å²) in [5, 5.41) is 13.3. The molecule has 0 spiro atoms. The molecule has 7 heteroatoms. The van der Waals surface area contributed by atoms with Gasteiger partial charge in [-0.2, -0.15) is 5.26 Å². The number of carbonyl (C=O) groups is 1. The van der Waals surface area contributed by atoms with Crippen molar-refractivity contribution >= 4 is 23.4 Å². The molecule has 1 fully saturated rings. The molecule has 0 atom stereocenters. The van der Waals surface area contributed by atoms with E-state index in [1.807, 2.05) is 43.0 Å². The zero-order chi connectivity index (χ0) is 19.2. The summed E-state index contributed by atoms with van der Waals surface area (Å²) in [5.41, 5.74) is 3.63. The fourth-order valence-corrected chi connectivity index (χ4v) is 4.37. The molecule has 0 bridgehead atoms. The Hall–Kier alpha value is -2.46. The van der Waals surface area contributed by atoms with E-state index >= 15 is 0 Å². The number of hydrogen-bond donors (Lipinski definition) is 0. The van der Waals surface area contributed by atoms with Gasteiger partial charge in [-0.15, -0.1) is 11.8 Å². The maximum atomic E-state index is 12.6. The molecule has 0 aliphatic carbocycles. The Balaban J connectivity index is 1.53. The molecule has 2 heterocycles. The van der Waals surface area contributed by atoms with Crippen molar-refractivity contribution < 1.29 is 9.32 Å². The summed E-state index contributed by atoms with van der Waals surface area (Å²) in [7, 11) is 0. The van der Waals surface area contributed by atoms with Crippen LogP contribution in [0.4, 0.5) is 5.69 Å². The molecular weight excluding hydrogens is 360 g/mol. The van der Waals surface area contributed by atoms with Crippen molar-refractivity contribution in [2.24, 2.45) is 0 Å². The lowest BCUT2D eigenvalue weighted by atomic mass is 10.1. The zero-order valence-electron chi connectivity index (χ0n) is 15.8. The number of thioether (sulfide) groups is 1. The SMILES string of the molecule is Cc1noc(C)c1CSCC(=O)N1CCCN(c2ccccc2C#N)CC1. The number of para-hydroxylation sites is 1. The van der Waals surface area contributed by atoms with E-state index in [4.69, 9.17) is 4.52 Å². The zero-order valence-corrected chi connectivity index (χ0v) is 16.6. The van der Waals surface area contributed by atoms with E-state index < -0.39 is 0 Å². The number of nitrogens with zero attached hydrogens (tertiary/aromatic N) is 4. The maximum Gasteiger partial charge on any atom is 0.232 e. The number of nitriles is 1. The van der Waals surface area contributed by atoms with Crippen molar-refractivity contribution in [3.63, 3.8) is 0 Å². The average molecular weight is 385 g/mol. The van der Waals surface area contributed by atoms with Crippen LogP contribution in [0.2, 0.25) is 0 Å². The van der Waals surface area contributed by atoms with Crippen LogP contribution in [-0.2, 0) is 10.5 Å². The molecule has 3 rings (SSSR count). The normalized spacial score (nSPS) is 14.7. The molecule has 0 saturated carbocycles. The van der Waals surface area contributed by atoms with Crippen LogP contribution in [0, 0.1) is 25.2 Å². The quantitative estimate of drug-likeness (QED) is 0.788. The Bertz CT molecular complexity index is 823. The molecule has 142 valence electrons. The third-order valence-corrected chi connectivity index (χ3v) is 5.81. The van der Waals surface area contributed by atoms with Crippen LogP contribution in [0.15, 0.2) is 28.8 Å². The van der Waals surface area contributed by atoms with Crippen molar-refractivity contribution in [3.8, 4) is 6.07 Å². The summed E-state index contributed by atoms with van der Waals surface area (Å²) in [6, 6.07) is 9.92.